The first-order valence-corrected chi connectivity index (χ1v) is 12.6. The second-order valence-corrected chi connectivity index (χ2v) is 8.93. The van der Waals surface area contributed by atoms with E-state index in [-0.39, 0.29) is 25.0 Å². The van der Waals surface area contributed by atoms with Crippen molar-refractivity contribution in [3.63, 3.8) is 0 Å². The highest BCUT2D eigenvalue weighted by molar-refractivity contribution is 7.80. The molecule has 1 aromatic carbocycles. The van der Waals surface area contributed by atoms with Gasteiger partial charge in [-0.05, 0) is 31.4 Å². The average Bonchev–Trinajstić information content (AvgIpc) is 3.39. The lowest BCUT2D eigenvalue weighted by Gasteiger charge is -2.24. The second kappa shape index (κ2) is 15.6. The Bertz CT molecular complexity index is 1010. The van der Waals surface area contributed by atoms with Crippen LogP contribution in [0.25, 0.3) is 0 Å². The van der Waals surface area contributed by atoms with Crippen molar-refractivity contribution < 1.29 is 24.3 Å². The van der Waals surface area contributed by atoms with E-state index in [0.29, 0.717) is 25.1 Å². The number of nitrogens with zero attached hydrogens (tertiary/aromatic N) is 1. The number of nitrogens with one attached hydrogen (secondary N) is 4. The molecule has 0 spiro atoms. The van der Waals surface area contributed by atoms with E-state index in [1.54, 1.807) is 30.5 Å². The summed E-state index contributed by atoms with van der Waals surface area (Å²) in [5.41, 5.74) is 12.8. The zero-order valence-electron chi connectivity index (χ0n) is 20.4. The Morgan fingerprint density at radius 2 is 1.59 bits per heavy atom. The number of nitrogens with two attached hydrogens (primary N) is 2. The Morgan fingerprint density at radius 1 is 0.946 bits per heavy atom. The lowest BCUT2D eigenvalue weighted by atomic mass is 10.0. The van der Waals surface area contributed by atoms with Gasteiger partial charge in [0.15, 0.2) is 0 Å². The number of aromatic amines is 1. The predicted octanol–water partition coefficient (Wildman–Crippen LogP) is -0.880. The van der Waals surface area contributed by atoms with Crippen LogP contribution < -0.4 is 27.4 Å². The number of carbonyl (C=O) groups is 4. The molecule has 4 atom stereocenters. The fourth-order valence-electron chi connectivity index (χ4n) is 3.55. The molecule has 13 heteroatoms. The molecule has 0 fully saturated rings. The van der Waals surface area contributed by atoms with E-state index >= 15 is 0 Å². The number of unbranched alkanes of at least 4 members (excludes halogenated alkanes) is 1. The summed E-state index contributed by atoms with van der Waals surface area (Å²) in [5.74, 6) is -3.11. The summed E-state index contributed by atoms with van der Waals surface area (Å²) < 4.78 is 0. The van der Waals surface area contributed by atoms with E-state index < -0.39 is 47.9 Å². The third kappa shape index (κ3) is 10.2. The Morgan fingerprint density at radius 3 is 2.19 bits per heavy atom. The number of imidazole rings is 1. The van der Waals surface area contributed by atoms with E-state index in [2.05, 4.69) is 38.5 Å². The molecule has 0 bridgehead atoms. The third-order valence-electron chi connectivity index (χ3n) is 5.62. The van der Waals surface area contributed by atoms with Crippen LogP contribution in [0.5, 0.6) is 0 Å². The van der Waals surface area contributed by atoms with Crippen molar-refractivity contribution in [1.29, 1.82) is 0 Å². The molecule has 9 N–H and O–H groups in total. The van der Waals surface area contributed by atoms with E-state index in [0.717, 1.165) is 5.56 Å². The minimum absolute atomic E-state index is 0.0507. The summed E-state index contributed by atoms with van der Waals surface area (Å²) in [6.45, 7) is 0.412. The SMILES string of the molecule is NCCCCC(NC(=O)C(Cc1ccccc1)NC(=O)C(CS)NC(=O)C(N)Cc1cnc[nH]1)C(=O)O. The number of hydrogen-bond acceptors (Lipinski definition) is 8. The highest BCUT2D eigenvalue weighted by atomic mass is 32.1. The van der Waals surface area contributed by atoms with E-state index in [1.165, 1.54) is 6.33 Å². The fourth-order valence-corrected chi connectivity index (χ4v) is 3.81. The van der Waals surface area contributed by atoms with Crippen LogP contribution in [0.15, 0.2) is 42.9 Å². The number of amides is 3. The Hall–Kier alpha value is -3.42. The van der Waals surface area contributed by atoms with Crippen LogP contribution in [0, 0.1) is 0 Å². The quantitative estimate of drug-likeness (QED) is 0.100. The molecule has 2 aromatic rings. The molecule has 12 nitrogen and oxygen atoms in total. The van der Waals surface area contributed by atoms with E-state index in [4.69, 9.17) is 11.5 Å². The van der Waals surface area contributed by atoms with E-state index in [1.807, 2.05) is 6.07 Å². The number of hydrogen-bond donors (Lipinski definition) is 8. The Kier molecular flexibility index (Phi) is 12.6. The Balaban J connectivity index is 2.09. The molecule has 37 heavy (non-hydrogen) atoms. The number of benzene rings is 1. The zero-order chi connectivity index (χ0) is 27.2. The highest BCUT2D eigenvalue weighted by Crippen LogP contribution is 2.07. The van der Waals surface area contributed by atoms with Gasteiger partial charge >= 0.3 is 5.97 Å². The number of rotatable bonds is 16. The summed E-state index contributed by atoms with van der Waals surface area (Å²) in [6, 6.07) is 4.73. The van der Waals surface area contributed by atoms with Crippen molar-refractivity contribution in [3.8, 4) is 0 Å². The van der Waals surface area contributed by atoms with Gasteiger partial charge < -0.3 is 37.5 Å². The van der Waals surface area contributed by atoms with Gasteiger partial charge in [0.2, 0.25) is 17.7 Å². The molecule has 0 saturated carbocycles. The summed E-state index contributed by atoms with van der Waals surface area (Å²) >= 11 is 4.17. The zero-order valence-corrected chi connectivity index (χ0v) is 21.3. The van der Waals surface area contributed by atoms with Crippen molar-refractivity contribution in [1.82, 2.24) is 25.9 Å². The first-order valence-electron chi connectivity index (χ1n) is 12.0. The van der Waals surface area contributed by atoms with E-state index in [9.17, 15) is 24.3 Å². The maximum atomic E-state index is 13.1. The van der Waals surface area contributed by atoms with Crippen molar-refractivity contribution in [3.05, 3.63) is 54.1 Å². The number of H-pyrrole nitrogens is 1. The molecule has 1 heterocycles. The first-order chi connectivity index (χ1) is 17.7. The lowest BCUT2D eigenvalue weighted by Crippen LogP contribution is -2.58. The minimum Gasteiger partial charge on any atom is -0.480 e. The normalized spacial score (nSPS) is 14.1. The molecule has 4 unspecified atom stereocenters. The summed E-state index contributed by atoms with van der Waals surface area (Å²) in [5, 5.41) is 17.2. The van der Waals surface area contributed by atoms with Crippen molar-refractivity contribution in [2.24, 2.45) is 11.5 Å². The molecule has 2 rings (SSSR count). The maximum Gasteiger partial charge on any atom is 0.326 e. The van der Waals surface area contributed by atoms with Crippen LogP contribution in [0.1, 0.15) is 30.5 Å². The molecule has 0 radical (unpaired) electrons. The van der Waals surface area contributed by atoms with Crippen molar-refractivity contribution in [2.45, 2.75) is 56.3 Å². The van der Waals surface area contributed by atoms with Gasteiger partial charge in [-0.3, -0.25) is 14.4 Å². The topological polar surface area (TPSA) is 205 Å². The second-order valence-electron chi connectivity index (χ2n) is 8.57. The molecular formula is C24H35N7O5S. The summed E-state index contributed by atoms with van der Waals surface area (Å²) in [4.78, 5) is 57.1. The largest absolute Gasteiger partial charge is 0.480 e. The van der Waals surface area contributed by atoms with Crippen LogP contribution >= 0.6 is 12.6 Å². The Labute approximate surface area is 220 Å². The van der Waals surface area contributed by atoms with Gasteiger partial charge in [0, 0.05) is 30.5 Å². The van der Waals surface area contributed by atoms with Crippen molar-refractivity contribution >= 4 is 36.3 Å². The van der Waals surface area contributed by atoms with Gasteiger partial charge in [-0.15, -0.1) is 0 Å². The summed E-state index contributed by atoms with van der Waals surface area (Å²) in [7, 11) is 0. The first kappa shape index (κ1) is 29.8. The monoisotopic (exact) mass is 533 g/mol. The van der Waals surface area contributed by atoms with Crippen molar-refractivity contribution in [2.75, 3.05) is 12.3 Å². The van der Waals surface area contributed by atoms with Crippen LogP contribution in [0.3, 0.4) is 0 Å². The van der Waals surface area contributed by atoms with Crippen LogP contribution in [-0.4, -0.2) is 75.2 Å². The number of carboxylic acids is 1. The highest BCUT2D eigenvalue weighted by Gasteiger charge is 2.30. The standard InChI is InChI=1S/C24H35N7O5S/c25-9-5-4-8-18(24(35)36)29-22(33)19(10-15-6-2-1-3-7-15)30-23(34)20(13-37)31-21(32)17(26)11-16-12-27-14-28-16/h1-3,6-7,12,14,17-20,37H,4-5,8-11,13,25-26H2,(H,27,28)(H,29,33)(H,30,34)(H,31,32)(H,35,36). The van der Waals surface area contributed by atoms with Gasteiger partial charge in [-0.2, -0.15) is 12.6 Å². The van der Waals surface area contributed by atoms with Gasteiger partial charge in [-0.1, -0.05) is 30.3 Å². The maximum absolute atomic E-state index is 13.1. The third-order valence-corrected chi connectivity index (χ3v) is 5.99. The predicted molar refractivity (Wildman–Crippen MR) is 141 cm³/mol. The average molecular weight is 534 g/mol. The lowest BCUT2D eigenvalue weighted by molar-refractivity contribution is -0.142. The molecule has 0 aliphatic carbocycles. The molecule has 0 aliphatic heterocycles. The van der Waals surface area contributed by atoms with Gasteiger partial charge in [0.25, 0.3) is 0 Å². The van der Waals surface area contributed by atoms with Gasteiger partial charge in [0.05, 0.1) is 12.4 Å². The number of carbonyl (C=O) groups excluding carboxylic acids is 3. The fraction of sp³-hybridized carbons (Fsp3) is 0.458. The van der Waals surface area contributed by atoms with Gasteiger partial charge in [-0.25, -0.2) is 9.78 Å². The van der Waals surface area contributed by atoms with Gasteiger partial charge in [0.1, 0.15) is 18.1 Å². The molecule has 0 aliphatic rings. The number of thiol groups is 1. The molecule has 1 aromatic heterocycles. The smallest absolute Gasteiger partial charge is 0.326 e. The number of aromatic nitrogens is 2. The summed E-state index contributed by atoms with van der Waals surface area (Å²) in [6.07, 6.45) is 4.66. The minimum atomic E-state index is -1.18. The molecule has 0 saturated heterocycles. The molecular weight excluding hydrogens is 498 g/mol. The van der Waals surface area contributed by atoms with Crippen LogP contribution in [0.2, 0.25) is 0 Å². The molecule has 3 amide bonds. The molecule has 202 valence electrons. The van der Waals surface area contributed by atoms with Crippen LogP contribution in [0.4, 0.5) is 0 Å². The number of aliphatic carboxylic acids is 1. The van der Waals surface area contributed by atoms with Crippen LogP contribution in [-0.2, 0) is 32.0 Å². The number of carboxylic acid groups (broad SMARTS) is 1.